The topological polar surface area (TPSA) is 87.3 Å². The number of hydrogen-bond acceptors (Lipinski definition) is 7. The van der Waals surface area contributed by atoms with Crippen molar-refractivity contribution in [3.8, 4) is 17.3 Å². The summed E-state index contributed by atoms with van der Waals surface area (Å²) in [6, 6.07) is 12.6. The first-order chi connectivity index (χ1) is 12.2. The van der Waals surface area contributed by atoms with Gasteiger partial charge >= 0.3 is 5.97 Å². The lowest BCUT2D eigenvalue weighted by Crippen LogP contribution is -2.12. The zero-order valence-corrected chi connectivity index (χ0v) is 13.9. The number of esters is 1. The van der Waals surface area contributed by atoms with Gasteiger partial charge in [-0.05, 0) is 38.1 Å². The van der Waals surface area contributed by atoms with Crippen LogP contribution in [0.5, 0.6) is 5.88 Å². The van der Waals surface area contributed by atoms with Crippen LogP contribution in [0.15, 0.2) is 53.1 Å². The van der Waals surface area contributed by atoms with Crippen molar-refractivity contribution in [2.24, 2.45) is 0 Å². The summed E-state index contributed by atoms with van der Waals surface area (Å²) in [6.07, 6.45) is 0.849. The lowest BCUT2D eigenvalue weighted by atomic mass is 10.2. The molecule has 1 aromatic carbocycles. The highest BCUT2D eigenvalue weighted by Gasteiger charge is 2.22. The number of aromatic nitrogens is 3. The van der Waals surface area contributed by atoms with Crippen molar-refractivity contribution in [2.45, 2.75) is 20.0 Å². The van der Waals surface area contributed by atoms with E-state index in [4.69, 9.17) is 13.9 Å². The normalized spacial score (nSPS) is 11.8. The Bertz CT molecular complexity index is 848. The molecule has 0 radical (unpaired) electrons. The Morgan fingerprint density at radius 1 is 1.16 bits per heavy atom. The molecule has 0 N–H and O–H groups in total. The number of benzene rings is 1. The maximum absolute atomic E-state index is 12.4. The smallest absolute Gasteiger partial charge is 0.344 e. The molecule has 1 atom stereocenters. The van der Waals surface area contributed by atoms with Gasteiger partial charge in [0.15, 0.2) is 6.10 Å². The van der Waals surface area contributed by atoms with Gasteiger partial charge in [0, 0.05) is 11.8 Å². The number of carbonyl (C=O) groups is 1. The second kappa shape index (κ2) is 7.57. The third kappa shape index (κ3) is 3.82. The van der Waals surface area contributed by atoms with E-state index in [9.17, 15) is 4.79 Å². The molecule has 7 heteroatoms. The van der Waals surface area contributed by atoms with E-state index in [1.807, 2.05) is 37.3 Å². The fraction of sp³-hybridized carbons (Fsp3) is 0.222. The zero-order chi connectivity index (χ0) is 17.6. The molecule has 3 aromatic rings. The summed E-state index contributed by atoms with van der Waals surface area (Å²) in [5, 5.41) is 7.95. The Kier molecular flexibility index (Phi) is 5.03. The Hall–Kier alpha value is -3.22. The van der Waals surface area contributed by atoms with Crippen molar-refractivity contribution in [1.82, 2.24) is 15.2 Å². The SMILES string of the molecule is CCOc1ncccc1C(=O)OC(C)c1nnc(-c2ccccc2)o1. The van der Waals surface area contributed by atoms with Crippen LogP contribution in [0.1, 0.15) is 36.2 Å². The number of rotatable bonds is 6. The second-order valence-corrected chi connectivity index (χ2v) is 5.15. The molecule has 1 unspecified atom stereocenters. The molecular weight excluding hydrogens is 322 g/mol. The third-order valence-electron chi connectivity index (χ3n) is 3.37. The van der Waals surface area contributed by atoms with Crippen LogP contribution in [0.2, 0.25) is 0 Å². The van der Waals surface area contributed by atoms with Crippen LogP contribution in [-0.2, 0) is 4.74 Å². The van der Waals surface area contributed by atoms with Crippen LogP contribution in [0, 0.1) is 0 Å². The molecule has 0 fully saturated rings. The van der Waals surface area contributed by atoms with Crippen LogP contribution in [-0.4, -0.2) is 27.8 Å². The van der Waals surface area contributed by atoms with E-state index in [2.05, 4.69) is 15.2 Å². The molecule has 0 aliphatic rings. The Labute approximate surface area is 144 Å². The highest BCUT2D eigenvalue weighted by Crippen LogP contribution is 2.24. The predicted octanol–water partition coefficient (Wildman–Crippen LogP) is 3.45. The monoisotopic (exact) mass is 339 g/mol. The third-order valence-corrected chi connectivity index (χ3v) is 3.37. The Morgan fingerprint density at radius 3 is 2.72 bits per heavy atom. The van der Waals surface area contributed by atoms with Crippen LogP contribution < -0.4 is 4.74 Å². The summed E-state index contributed by atoms with van der Waals surface area (Å²) in [7, 11) is 0. The van der Waals surface area contributed by atoms with E-state index in [0.29, 0.717) is 12.5 Å². The van der Waals surface area contributed by atoms with E-state index in [1.54, 1.807) is 25.3 Å². The maximum Gasteiger partial charge on any atom is 0.344 e. The zero-order valence-electron chi connectivity index (χ0n) is 13.9. The van der Waals surface area contributed by atoms with Gasteiger partial charge in [0.05, 0.1) is 6.61 Å². The first-order valence-corrected chi connectivity index (χ1v) is 7.86. The van der Waals surface area contributed by atoms with Gasteiger partial charge in [0.1, 0.15) is 5.56 Å². The van der Waals surface area contributed by atoms with Crippen LogP contribution in [0.4, 0.5) is 0 Å². The highest BCUT2D eigenvalue weighted by molar-refractivity contribution is 5.91. The van der Waals surface area contributed by atoms with Gasteiger partial charge in [-0.25, -0.2) is 9.78 Å². The average Bonchev–Trinajstić information content (AvgIpc) is 3.13. The number of carbonyl (C=O) groups excluding carboxylic acids is 1. The molecule has 0 saturated heterocycles. The average molecular weight is 339 g/mol. The summed E-state index contributed by atoms with van der Waals surface area (Å²) in [6.45, 7) is 3.88. The Morgan fingerprint density at radius 2 is 1.96 bits per heavy atom. The summed E-state index contributed by atoms with van der Waals surface area (Å²) in [4.78, 5) is 16.4. The molecule has 0 aliphatic carbocycles. The highest BCUT2D eigenvalue weighted by atomic mass is 16.6. The molecule has 7 nitrogen and oxygen atoms in total. The molecule has 2 heterocycles. The molecule has 128 valence electrons. The second-order valence-electron chi connectivity index (χ2n) is 5.15. The first-order valence-electron chi connectivity index (χ1n) is 7.86. The summed E-state index contributed by atoms with van der Waals surface area (Å²) >= 11 is 0. The van der Waals surface area contributed by atoms with Gasteiger partial charge in [-0.1, -0.05) is 18.2 Å². The number of ether oxygens (including phenoxy) is 2. The minimum Gasteiger partial charge on any atom is -0.477 e. The molecule has 0 spiro atoms. The number of hydrogen-bond donors (Lipinski definition) is 0. The van der Waals surface area contributed by atoms with Gasteiger partial charge in [0.25, 0.3) is 5.89 Å². The minimum atomic E-state index is -0.702. The van der Waals surface area contributed by atoms with E-state index in [0.717, 1.165) is 5.56 Å². The van der Waals surface area contributed by atoms with Crippen molar-refractivity contribution < 1.29 is 18.7 Å². The molecule has 25 heavy (non-hydrogen) atoms. The van der Waals surface area contributed by atoms with E-state index in [-0.39, 0.29) is 17.3 Å². The fourth-order valence-electron chi connectivity index (χ4n) is 2.17. The molecule has 2 aromatic heterocycles. The van der Waals surface area contributed by atoms with Gasteiger partial charge in [-0.15, -0.1) is 10.2 Å². The number of nitrogens with zero attached hydrogens (tertiary/aromatic N) is 3. The molecule has 0 amide bonds. The van der Waals surface area contributed by atoms with Gasteiger partial charge in [0.2, 0.25) is 11.8 Å². The van der Waals surface area contributed by atoms with Gasteiger partial charge < -0.3 is 13.9 Å². The van der Waals surface area contributed by atoms with E-state index >= 15 is 0 Å². The number of pyridine rings is 1. The Balaban J connectivity index is 1.73. The van der Waals surface area contributed by atoms with E-state index in [1.165, 1.54) is 0 Å². The summed E-state index contributed by atoms with van der Waals surface area (Å²) < 4.78 is 16.3. The van der Waals surface area contributed by atoms with Crippen molar-refractivity contribution in [3.05, 3.63) is 60.1 Å². The lowest BCUT2D eigenvalue weighted by Gasteiger charge is -2.11. The summed E-state index contributed by atoms with van der Waals surface area (Å²) in [5.74, 6) is 0.255. The molecule has 0 bridgehead atoms. The van der Waals surface area contributed by atoms with Gasteiger partial charge in [-0.2, -0.15) is 0 Å². The maximum atomic E-state index is 12.4. The lowest BCUT2D eigenvalue weighted by molar-refractivity contribution is 0.0275. The predicted molar refractivity (Wildman–Crippen MR) is 89.0 cm³/mol. The quantitative estimate of drug-likeness (QED) is 0.636. The molecule has 3 rings (SSSR count). The van der Waals surface area contributed by atoms with Crippen molar-refractivity contribution in [2.75, 3.05) is 6.61 Å². The van der Waals surface area contributed by atoms with E-state index < -0.39 is 12.1 Å². The van der Waals surface area contributed by atoms with Crippen LogP contribution >= 0.6 is 0 Å². The van der Waals surface area contributed by atoms with Crippen molar-refractivity contribution in [1.29, 1.82) is 0 Å². The molecule has 0 saturated carbocycles. The minimum absolute atomic E-state index is 0.217. The first kappa shape index (κ1) is 16.6. The van der Waals surface area contributed by atoms with Crippen molar-refractivity contribution in [3.63, 3.8) is 0 Å². The molecule has 0 aliphatic heterocycles. The fourth-order valence-corrected chi connectivity index (χ4v) is 2.17. The van der Waals surface area contributed by atoms with Crippen LogP contribution in [0.3, 0.4) is 0 Å². The largest absolute Gasteiger partial charge is 0.477 e. The van der Waals surface area contributed by atoms with Crippen molar-refractivity contribution >= 4 is 5.97 Å². The molecular formula is C18H17N3O4. The summed E-state index contributed by atoms with van der Waals surface area (Å²) in [5.41, 5.74) is 1.05. The van der Waals surface area contributed by atoms with Gasteiger partial charge in [-0.3, -0.25) is 0 Å². The van der Waals surface area contributed by atoms with Crippen LogP contribution in [0.25, 0.3) is 11.5 Å². The standard InChI is InChI=1S/C18H17N3O4/c1-3-23-17-14(10-7-11-19-17)18(22)24-12(2)15-20-21-16(25-15)13-8-5-4-6-9-13/h4-12H,3H2,1-2H3.